The van der Waals surface area contributed by atoms with Crippen molar-refractivity contribution in [2.45, 2.75) is 12.3 Å². The molecule has 0 spiro atoms. The van der Waals surface area contributed by atoms with Gasteiger partial charge in [0.05, 0.1) is 0 Å². The van der Waals surface area contributed by atoms with Crippen molar-refractivity contribution in [3.05, 3.63) is 35.4 Å². The van der Waals surface area contributed by atoms with E-state index in [1.807, 2.05) is 24.3 Å². The maximum absolute atomic E-state index is 12.0. The molecule has 0 saturated carbocycles. The van der Waals surface area contributed by atoms with E-state index in [1.165, 1.54) is 0 Å². The molecular formula is C12H14N2O2. The molecule has 1 atom stereocenters. The van der Waals surface area contributed by atoms with Crippen molar-refractivity contribution in [3.8, 4) is 0 Å². The molecule has 1 aromatic rings. The van der Waals surface area contributed by atoms with Gasteiger partial charge in [-0.15, -0.1) is 0 Å². The van der Waals surface area contributed by atoms with Crippen LogP contribution in [0, 0.1) is 0 Å². The molecule has 1 heterocycles. The third kappa shape index (κ3) is 1.66. The van der Waals surface area contributed by atoms with Crippen molar-refractivity contribution in [2.75, 3.05) is 13.6 Å². The van der Waals surface area contributed by atoms with E-state index >= 15 is 0 Å². The summed E-state index contributed by atoms with van der Waals surface area (Å²) in [5.41, 5.74) is 7.10. The van der Waals surface area contributed by atoms with Gasteiger partial charge in [-0.3, -0.25) is 9.59 Å². The summed E-state index contributed by atoms with van der Waals surface area (Å²) in [6.45, 7) is 0.625. The monoisotopic (exact) mass is 218 g/mol. The zero-order valence-corrected chi connectivity index (χ0v) is 9.14. The second kappa shape index (κ2) is 3.96. The summed E-state index contributed by atoms with van der Waals surface area (Å²) in [6.07, 6.45) is 0.766. The van der Waals surface area contributed by atoms with Crippen LogP contribution in [0.2, 0.25) is 0 Å². The first kappa shape index (κ1) is 10.7. The van der Waals surface area contributed by atoms with E-state index in [-0.39, 0.29) is 5.91 Å². The van der Waals surface area contributed by atoms with Crippen LogP contribution < -0.4 is 5.73 Å². The highest BCUT2D eigenvalue weighted by Crippen LogP contribution is 2.25. The minimum Gasteiger partial charge on any atom is -0.369 e. The van der Waals surface area contributed by atoms with Crippen LogP contribution >= 0.6 is 0 Å². The van der Waals surface area contributed by atoms with Crippen molar-refractivity contribution in [2.24, 2.45) is 5.73 Å². The van der Waals surface area contributed by atoms with Gasteiger partial charge in [-0.2, -0.15) is 0 Å². The number of hydrogen-bond acceptors (Lipinski definition) is 2. The van der Waals surface area contributed by atoms with E-state index in [2.05, 4.69) is 0 Å². The number of likely N-dealkylation sites (N-methyl/N-ethyl adjacent to an activating group) is 1. The molecule has 1 aliphatic rings. The third-order valence-electron chi connectivity index (χ3n) is 2.99. The van der Waals surface area contributed by atoms with Crippen LogP contribution in [0.3, 0.4) is 0 Å². The largest absolute Gasteiger partial charge is 0.369 e. The lowest BCUT2D eigenvalue weighted by Gasteiger charge is -2.18. The molecule has 0 aromatic heterocycles. The summed E-state index contributed by atoms with van der Waals surface area (Å²) in [7, 11) is 1.70. The van der Waals surface area contributed by atoms with E-state index in [9.17, 15) is 9.59 Å². The summed E-state index contributed by atoms with van der Waals surface area (Å²) >= 11 is 0. The molecular weight excluding hydrogens is 204 g/mol. The Hall–Kier alpha value is -1.84. The second-order valence-electron chi connectivity index (χ2n) is 4.04. The highest BCUT2D eigenvalue weighted by molar-refractivity contribution is 6.05. The molecule has 0 bridgehead atoms. The van der Waals surface area contributed by atoms with E-state index in [0.29, 0.717) is 6.54 Å². The number of fused-ring (bicyclic) bond motifs is 1. The molecule has 1 aliphatic heterocycles. The summed E-state index contributed by atoms with van der Waals surface area (Å²) in [5.74, 6) is -1.62. The number of nitrogens with two attached hydrogens (primary N) is 1. The zero-order valence-electron chi connectivity index (χ0n) is 9.14. The van der Waals surface area contributed by atoms with Crippen LogP contribution in [0.1, 0.15) is 17.0 Å². The Labute approximate surface area is 94.0 Å². The van der Waals surface area contributed by atoms with Gasteiger partial charge in [0.1, 0.15) is 5.92 Å². The minimum atomic E-state index is -0.830. The first-order valence-electron chi connectivity index (χ1n) is 5.23. The average Bonchev–Trinajstić information content (AvgIpc) is 2.38. The maximum Gasteiger partial charge on any atom is 0.239 e. The number of benzene rings is 1. The van der Waals surface area contributed by atoms with E-state index in [1.54, 1.807) is 11.9 Å². The number of carbonyl (C=O) groups is 2. The highest BCUT2D eigenvalue weighted by Gasteiger charge is 2.32. The van der Waals surface area contributed by atoms with Crippen molar-refractivity contribution in [1.82, 2.24) is 4.90 Å². The molecule has 1 unspecified atom stereocenters. The second-order valence-corrected chi connectivity index (χ2v) is 4.04. The Kier molecular flexibility index (Phi) is 2.64. The number of carbonyl (C=O) groups excluding carboxylic acids is 2. The van der Waals surface area contributed by atoms with Gasteiger partial charge < -0.3 is 10.6 Å². The van der Waals surface area contributed by atoms with Gasteiger partial charge in [-0.25, -0.2) is 0 Å². The first-order chi connectivity index (χ1) is 7.61. The Morgan fingerprint density at radius 2 is 2.12 bits per heavy atom. The lowest BCUT2D eigenvalue weighted by atomic mass is 9.93. The lowest BCUT2D eigenvalue weighted by molar-refractivity contribution is -0.136. The SMILES string of the molecule is CN1CCc2ccccc2C(C(N)=O)C1=O. The first-order valence-corrected chi connectivity index (χ1v) is 5.23. The maximum atomic E-state index is 12.0. The van der Waals surface area contributed by atoms with Crippen molar-refractivity contribution in [1.29, 1.82) is 0 Å². The van der Waals surface area contributed by atoms with Crippen molar-refractivity contribution >= 4 is 11.8 Å². The number of rotatable bonds is 1. The third-order valence-corrected chi connectivity index (χ3v) is 2.99. The van der Waals surface area contributed by atoms with Gasteiger partial charge in [0.25, 0.3) is 0 Å². The molecule has 2 amide bonds. The number of hydrogen-bond donors (Lipinski definition) is 1. The number of amides is 2. The highest BCUT2D eigenvalue weighted by atomic mass is 16.2. The molecule has 0 saturated heterocycles. The van der Waals surface area contributed by atoms with Crippen LogP contribution in [0.25, 0.3) is 0 Å². The molecule has 0 radical (unpaired) electrons. The summed E-state index contributed by atoms with van der Waals surface area (Å²) in [5, 5.41) is 0. The lowest BCUT2D eigenvalue weighted by Crippen LogP contribution is -2.37. The molecule has 2 N–H and O–H groups in total. The summed E-state index contributed by atoms with van der Waals surface area (Å²) in [6, 6.07) is 7.49. The van der Waals surface area contributed by atoms with Crippen LogP contribution in [0.15, 0.2) is 24.3 Å². The van der Waals surface area contributed by atoms with E-state index < -0.39 is 11.8 Å². The molecule has 1 aromatic carbocycles. The molecule has 0 fully saturated rings. The molecule has 2 rings (SSSR count). The van der Waals surface area contributed by atoms with Gasteiger partial charge in [0, 0.05) is 13.6 Å². The van der Waals surface area contributed by atoms with Crippen molar-refractivity contribution in [3.63, 3.8) is 0 Å². The molecule has 0 aliphatic carbocycles. The predicted octanol–water partition coefficient (Wildman–Crippen LogP) is 0.270. The summed E-state index contributed by atoms with van der Waals surface area (Å²) in [4.78, 5) is 24.9. The zero-order chi connectivity index (χ0) is 11.7. The summed E-state index contributed by atoms with van der Waals surface area (Å²) < 4.78 is 0. The predicted molar refractivity (Wildman–Crippen MR) is 59.7 cm³/mol. The Balaban J connectivity index is 2.53. The minimum absolute atomic E-state index is 0.211. The smallest absolute Gasteiger partial charge is 0.239 e. The van der Waals surface area contributed by atoms with E-state index in [4.69, 9.17) is 5.73 Å². The average molecular weight is 218 g/mol. The Bertz CT molecular complexity index is 442. The van der Waals surface area contributed by atoms with Crippen LogP contribution in [-0.4, -0.2) is 30.3 Å². The van der Waals surface area contributed by atoms with Crippen LogP contribution in [-0.2, 0) is 16.0 Å². The number of primary amides is 1. The molecule has 4 nitrogen and oxygen atoms in total. The van der Waals surface area contributed by atoms with Crippen LogP contribution in [0.5, 0.6) is 0 Å². The molecule has 4 heteroatoms. The normalized spacial score (nSPS) is 20.2. The van der Waals surface area contributed by atoms with Gasteiger partial charge >= 0.3 is 0 Å². The van der Waals surface area contributed by atoms with Gasteiger partial charge in [0.15, 0.2) is 0 Å². The van der Waals surface area contributed by atoms with Gasteiger partial charge in [-0.05, 0) is 17.5 Å². The fourth-order valence-corrected chi connectivity index (χ4v) is 2.07. The van der Waals surface area contributed by atoms with Gasteiger partial charge in [0.2, 0.25) is 11.8 Å². The standard InChI is InChI=1S/C12H14N2O2/c1-14-7-6-8-4-2-3-5-9(8)10(11(13)15)12(14)16/h2-5,10H,6-7H2,1H3,(H2,13,15). The topological polar surface area (TPSA) is 63.4 Å². The Morgan fingerprint density at radius 1 is 1.44 bits per heavy atom. The fraction of sp³-hybridized carbons (Fsp3) is 0.333. The van der Waals surface area contributed by atoms with Gasteiger partial charge in [-0.1, -0.05) is 24.3 Å². The fourth-order valence-electron chi connectivity index (χ4n) is 2.07. The molecule has 16 heavy (non-hydrogen) atoms. The number of nitrogens with zero attached hydrogens (tertiary/aromatic N) is 1. The quantitative estimate of drug-likeness (QED) is 0.688. The molecule has 84 valence electrons. The van der Waals surface area contributed by atoms with E-state index in [0.717, 1.165) is 17.5 Å². The Morgan fingerprint density at radius 3 is 2.81 bits per heavy atom. The van der Waals surface area contributed by atoms with Crippen molar-refractivity contribution < 1.29 is 9.59 Å². The van der Waals surface area contributed by atoms with Crippen LogP contribution in [0.4, 0.5) is 0 Å².